The maximum atomic E-state index is 10.2. The molecule has 0 aromatic heterocycles. The van der Waals surface area contributed by atoms with Gasteiger partial charge < -0.3 is 15.3 Å². The van der Waals surface area contributed by atoms with E-state index in [1.807, 2.05) is 26.8 Å². The Balaban J connectivity index is 2.79. The molecule has 2 rings (SSSR count). The lowest BCUT2D eigenvalue weighted by atomic mass is 9.93. The van der Waals surface area contributed by atoms with Gasteiger partial charge >= 0.3 is 0 Å². The third-order valence-electron chi connectivity index (χ3n) is 3.26. The highest BCUT2D eigenvalue weighted by Gasteiger charge is 2.16. The summed E-state index contributed by atoms with van der Waals surface area (Å²) < 4.78 is 0. The van der Waals surface area contributed by atoms with Crippen LogP contribution in [-0.4, -0.2) is 15.3 Å². The second kappa shape index (κ2) is 4.26. The van der Waals surface area contributed by atoms with Crippen LogP contribution in [0.25, 0.3) is 11.1 Å². The van der Waals surface area contributed by atoms with E-state index < -0.39 is 0 Å². The summed E-state index contributed by atoms with van der Waals surface area (Å²) in [6.45, 7) is 5.62. The Morgan fingerprint density at radius 3 is 2.17 bits per heavy atom. The molecule has 2 aromatic carbocycles. The molecule has 0 heterocycles. The molecule has 2 aromatic rings. The van der Waals surface area contributed by atoms with Crippen molar-refractivity contribution in [2.45, 2.75) is 20.8 Å². The first-order valence-electron chi connectivity index (χ1n) is 5.74. The second-order valence-corrected chi connectivity index (χ2v) is 4.56. The van der Waals surface area contributed by atoms with Crippen molar-refractivity contribution in [1.29, 1.82) is 0 Å². The Bertz CT molecular complexity index is 616. The molecular weight excluding hydrogens is 228 g/mol. The number of rotatable bonds is 1. The molecule has 0 aliphatic carbocycles. The van der Waals surface area contributed by atoms with Gasteiger partial charge in [-0.15, -0.1) is 0 Å². The minimum Gasteiger partial charge on any atom is -0.508 e. The summed E-state index contributed by atoms with van der Waals surface area (Å²) in [6.07, 6.45) is 0. The lowest BCUT2D eigenvalue weighted by Crippen LogP contribution is -1.91. The highest BCUT2D eigenvalue weighted by atomic mass is 16.3. The zero-order chi connectivity index (χ0) is 13.4. The second-order valence-electron chi connectivity index (χ2n) is 4.56. The summed E-state index contributed by atoms with van der Waals surface area (Å²) in [5.41, 5.74) is 3.63. The minimum absolute atomic E-state index is 0.0365. The molecule has 0 saturated heterocycles. The summed E-state index contributed by atoms with van der Waals surface area (Å²) in [7, 11) is 0. The Labute approximate surface area is 106 Å². The zero-order valence-corrected chi connectivity index (χ0v) is 10.7. The smallest absolute Gasteiger partial charge is 0.126 e. The molecule has 0 fully saturated rings. The Morgan fingerprint density at radius 2 is 1.50 bits per heavy atom. The predicted octanol–water partition coefficient (Wildman–Crippen LogP) is 3.40. The van der Waals surface area contributed by atoms with Crippen LogP contribution in [0.15, 0.2) is 24.3 Å². The number of benzene rings is 2. The number of phenols is 3. The average Bonchev–Trinajstić information content (AvgIpc) is 2.31. The zero-order valence-electron chi connectivity index (χ0n) is 10.7. The number of hydrogen-bond acceptors (Lipinski definition) is 3. The SMILES string of the molecule is Cc1cc(C)c(-c2cc(O)ccc2O)c(O)c1C. The number of hydrogen-bond donors (Lipinski definition) is 3. The minimum atomic E-state index is 0.0365. The van der Waals surface area contributed by atoms with Gasteiger partial charge in [-0.05, 0) is 55.7 Å². The summed E-state index contributed by atoms with van der Waals surface area (Å²) >= 11 is 0. The fourth-order valence-corrected chi connectivity index (χ4v) is 2.13. The summed E-state index contributed by atoms with van der Waals surface area (Å²) in [5, 5.41) is 29.6. The molecule has 0 aliphatic heterocycles. The summed E-state index contributed by atoms with van der Waals surface area (Å²) in [4.78, 5) is 0. The van der Waals surface area contributed by atoms with Crippen molar-refractivity contribution in [1.82, 2.24) is 0 Å². The van der Waals surface area contributed by atoms with Crippen LogP contribution in [0.1, 0.15) is 16.7 Å². The molecular formula is C15H16O3. The van der Waals surface area contributed by atoms with E-state index in [1.54, 1.807) is 0 Å². The average molecular weight is 244 g/mol. The van der Waals surface area contributed by atoms with E-state index in [9.17, 15) is 15.3 Å². The molecule has 0 aliphatic rings. The molecule has 0 saturated carbocycles. The maximum absolute atomic E-state index is 10.2. The van der Waals surface area contributed by atoms with Crippen molar-refractivity contribution in [3.05, 3.63) is 41.0 Å². The Kier molecular flexibility index (Phi) is 2.91. The van der Waals surface area contributed by atoms with Gasteiger partial charge in [0.15, 0.2) is 0 Å². The first-order valence-corrected chi connectivity index (χ1v) is 5.74. The van der Waals surface area contributed by atoms with Gasteiger partial charge in [-0.3, -0.25) is 0 Å². The standard InChI is InChI=1S/C15H16O3/c1-8-6-9(2)14(15(18)10(8)3)12-7-11(16)4-5-13(12)17/h4-7,16-18H,1-3H3. The Hall–Kier alpha value is -2.16. The molecule has 3 heteroatoms. The molecule has 0 atom stereocenters. The Morgan fingerprint density at radius 1 is 0.833 bits per heavy atom. The molecule has 94 valence electrons. The molecule has 3 N–H and O–H groups in total. The van der Waals surface area contributed by atoms with Gasteiger partial charge in [0.25, 0.3) is 0 Å². The number of phenolic OH excluding ortho intramolecular Hbond substituents is 3. The third-order valence-corrected chi connectivity index (χ3v) is 3.26. The number of aromatic hydroxyl groups is 3. The van der Waals surface area contributed by atoms with E-state index in [1.165, 1.54) is 18.2 Å². The van der Waals surface area contributed by atoms with Gasteiger partial charge in [-0.1, -0.05) is 6.07 Å². The lowest BCUT2D eigenvalue weighted by Gasteiger charge is -2.14. The molecule has 0 unspecified atom stereocenters. The largest absolute Gasteiger partial charge is 0.508 e. The summed E-state index contributed by atoms with van der Waals surface area (Å²) in [6, 6.07) is 6.23. The van der Waals surface area contributed by atoms with Gasteiger partial charge in [0.05, 0.1) is 0 Å². The molecule has 0 bridgehead atoms. The molecule has 18 heavy (non-hydrogen) atoms. The highest BCUT2D eigenvalue weighted by Crippen LogP contribution is 2.41. The van der Waals surface area contributed by atoms with E-state index in [-0.39, 0.29) is 17.2 Å². The summed E-state index contributed by atoms with van der Waals surface area (Å²) in [5.74, 6) is 0.239. The van der Waals surface area contributed by atoms with E-state index in [0.29, 0.717) is 11.1 Å². The van der Waals surface area contributed by atoms with Crippen LogP contribution in [0, 0.1) is 20.8 Å². The van der Waals surface area contributed by atoms with Crippen molar-refractivity contribution < 1.29 is 15.3 Å². The maximum Gasteiger partial charge on any atom is 0.126 e. The van der Waals surface area contributed by atoms with Crippen LogP contribution in [-0.2, 0) is 0 Å². The van der Waals surface area contributed by atoms with Crippen molar-refractivity contribution in [3.63, 3.8) is 0 Å². The van der Waals surface area contributed by atoms with Crippen molar-refractivity contribution in [2.75, 3.05) is 0 Å². The lowest BCUT2D eigenvalue weighted by molar-refractivity contribution is 0.458. The first kappa shape index (κ1) is 12.3. The van der Waals surface area contributed by atoms with Gasteiger partial charge in [0, 0.05) is 11.1 Å². The normalized spacial score (nSPS) is 10.6. The van der Waals surface area contributed by atoms with Crippen LogP contribution < -0.4 is 0 Å². The van der Waals surface area contributed by atoms with Crippen LogP contribution in [0.4, 0.5) is 0 Å². The van der Waals surface area contributed by atoms with E-state index in [2.05, 4.69) is 0 Å². The van der Waals surface area contributed by atoms with Gasteiger partial charge in [0.1, 0.15) is 17.2 Å². The van der Waals surface area contributed by atoms with E-state index in [0.717, 1.165) is 16.7 Å². The van der Waals surface area contributed by atoms with Crippen molar-refractivity contribution >= 4 is 0 Å². The third kappa shape index (κ3) is 1.88. The van der Waals surface area contributed by atoms with Gasteiger partial charge in [0.2, 0.25) is 0 Å². The fourth-order valence-electron chi connectivity index (χ4n) is 2.13. The molecule has 0 amide bonds. The van der Waals surface area contributed by atoms with Crippen molar-refractivity contribution in [3.8, 4) is 28.4 Å². The first-order chi connectivity index (χ1) is 8.41. The predicted molar refractivity (Wildman–Crippen MR) is 71.1 cm³/mol. The van der Waals surface area contributed by atoms with Crippen molar-refractivity contribution in [2.24, 2.45) is 0 Å². The molecule has 0 spiro atoms. The van der Waals surface area contributed by atoms with Gasteiger partial charge in [-0.25, -0.2) is 0 Å². The molecule has 0 radical (unpaired) electrons. The highest BCUT2D eigenvalue weighted by molar-refractivity contribution is 5.80. The van der Waals surface area contributed by atoms with E-state index in [4.69, 9.17) is 0 Å². The van der Waals surface area contributed by atoms with Crippen LogP contribution >= 0.6 is 0 Å². The van der Waals surface area contributed by atoms with Crippen LogP contribution in [0.5, 0.6) is 17.2 Å². The van der Waals surface area contributed by atoms with Crippen LogP contribution in [0.3, 0.4) is 0 Å². The number of aryl methyl sites for hydroxylation is 2. The topological polar surface area (TPSA) is 60.7 Å². The quantitative estimate of drug-likeness (QED) is 0.674. The fraction of sp³-hybridized carbons (Fsp3) is 0.200. The monoisotopic (exact) mass is 244 g/mol. The molecule has 3 nitrogen and oxygen atoms in total. The van der Waals surface area contributed by atoms with E-state index >= 15 is 0 Å². The van der Waals surface area contributed by atoms with Crippen LogP contribution in [0.2, 0.25) is 0 Å². The van der Waals surface area contributed by atoms with Gasteiger partial charge in [-0.2, -0.15) is 0 Å².